The van der Waals surface area contributed by atoms with Crippen molar-refractivity contribution in [1.29, 1.82) is 0 Å². The molecule has 1 aliphatic rings. The molecule has 14 heavy (non-hydrogen) atoms. The van der Waals surface area contributed by atoms with Crippen LogP contribution in [0.3, 0.4) is 0 Å². The van der Waals surface area contributed by atoms with Gasteiger partial charge in [0.25, 0.3) is 0 Å². The predicted octanol–water partition coefficient (Wildman–Crippen LogP) is 2.52. The van der Waals surface area contributed by atoms with Crippen molar-refractivity contribution in [2.75, 3.05) is 5.32 Å². The van der Waals surface area contributed by atoms with E-state index < -0.39 is 0 Å². The van der Waals surface area contributed by atoms with Gasteiger partial charge in [-0.15, -0.1) is 0 Å². The van der Waals surface area contributed by atoms with Gasteiger partial charge in [-0.2, -0.15) is 0 Å². The number of aryl methyl sites for hydroxylation is 1. The van der Waals surface area contributed by atoms with Gasteiger partial charge < -0.3 is 5.32 Å². The first-order chi connectivity index (χ1) is 6.66. The highest BCUT2D eigenvalue weighted by Gasteiger charge is 2.18. The summed E-state index contributed by atoms with van der Waals surface area (Å²) in [5.74, 6) is 0.583. The lowest BCUT2D eigenvalue weighted by molar-refractivity contribution is -0.116. The summed E-state index contributed by atoms with van der Waals surface area (Å²) in [6.45, 7) is 4.23. The minimum absolute atomic E-state index is 0.141. The normalized spacial score (nSPS) is 21.0. The highest BCUT2D eigenvalue weighted by atomic mass is 16.1. The summed E-state index contributed by atoms with van der Waals surface area (Å²) in [6.07, 6.45) is 1.63. The van der Waals surface area contributed by atoms with Gasteiger partial charge in [-0.1, -0.05) is 19.1 Å². The number of anilines is 1. The summed E-state index contributed by atoms with van der Waals surface area (Å²) in [5.41, 5.74) is 3.57. The molecule has 0 radical (unpaired) electrons. The number of carbonyl (C=O) groups excluding carboxylic acids is 1. The molecule has 1 atom stereocenters. The monoisotopic (exact) mass is 189 g/mol. The van der Waals surface area contributed by atoms with Gasteiger partial charge in [0.1, 0.15) is 0 Å². The van der Waals surface area contributed by atoms with Crippen molar-refractivity contribution >= 4 is 11.6 Å². The van der Waals surface area contributed by atoms with Gasteiger partial charge in [-0.25, -0.2) is 0 Å². The third-order valence-corrected chi connectivity index (χ3v) is 2.77. The molecule has 1 N–H and O–H groups in total. The molecule has 0 aromatic heterocycles. The first-order valence-electron chi connectivity index (χ1n) is 5.05. The summed E-state index contributed by atoms with van der Waals surface area (Å²) in [4.78, 5) is 11.5. The van der Waals surface area contributed by atoms with Crippen LogP contribution < -0.4 is 5.32 Å². The largest absolute Gasteiger partial charge is 0.326 e. The van der Waals surface area contributed by atoms with Crippen molar-refractivity contribution in [1.82, 2.24) is 0 Å². The van der Waals surface area contributed by atoms with E-state index in [9.17, 15) is 4.79 Å². The molecule has 0 spiro atoms. The molecule has 1 aromatic rings. The molecule has 0 saturated carbocycles. The van der Waals surface area contributed by atoms with E-state index in [-0.39, 0.29) is 5.91 Å². The van der Waals surface area contributed by atoms with Crippen LogP contribution in [0.2, 0.25) is 0 Å². The van der Waals surface area contributed by atoms with Crippen molar-refractivity contribution in [3.05, 3.63) is 29.3 Å². The summed E-state index contributed by atoms with van der Waals surface area (Å²) in [5, 5.41) is 2.95. The zero-order valence-corrected chi connectivity index (χ0v) is 8.63. The minimum Gasteiger partial charge on any atom is -0.326 e. The number of amides is 1. The zero-order valence-electron chi connectivity index (χ0n) is 8.63. The fourth-order valence-corrected chi connectivity index (χ4v) is 2.03. The SMILES string of the molecule is Cc1cccc2c1CC(C)CC(=O)N2. The summed E-state index contributed by atoms with van der Waals surface area (Å²) < 4.78 is 0. The lowest BCUT2D eigenvalue weighted by Crippen LogP contribution is -2.11. The van der Waals surface area contributed by atoms with Gasteiger partial charge in [-0.3, -0.25) is 4.79 Å². The topological polar surface area (TPSA) is 29.1 Å². The van der Waals surface area contributed by atoms with E-state index in [0.29, 0.717) is 12.3 Å². The average molecular weight is 189 g/mol. The second kappa shape index (κ2) is 3.45. The Morgan fingerprint density at radius 1 is 1.36 bits per heavy atom. The molecule has 1 amide bonds. The van der Waals surface area contributed by atoms with Crippen LogP contribution in [0.5, 0.6) is 0 Å². The van der Waals surface area contributed by atoms with Gasteiger partial charge in [0.05, 0.1) is 0 Å². The standard InChI is InChI=1S/C12H15NO/c1-8-6-10-9(2)4-3-5-11(10)13-12(14)7-8/h3-5,8H,6-7H2,1-2H3,(H,13,14). The molecule has 0 saturated heterocycles. The van der Waals surface area contributed by atoms with Crippen LogP contribution in [0.1, 0.15) is 24.5 Å². The molecule has 2 heteroatoms. The molecule has 74 valence electrons. The van der Waals surface area contributed by atoms with Crippen LogP contribution in [0.25, 0.3) is 0 Å². The molecule has 1 heterocycles. The average Bonchev–Trinajstić information content (AvgIpc) is 2.23. The van der Waals surface area contributed by atoms with Crippen LogP contribution in [-0.4, -0.2) is 5.91 Å². The smallest absolute Gasteiger partial charge is 0.224 e. The van der Waals surface area contributed by atoms with E-state index in [4.69, 9.17) is 0 Å². The minimum atomic E-state index is 0.141. The first kappa shape index (κ1) is 9.25. The molecule has 0 aliphatic carbocycles. The molecule has 1 aromatic carbocycles. The van der Waals surface area contributed by atoms with Gasteiger partial charge in [-0.05, 0) is 36.5 Å². The van der Waals surface area contributed by atoms with Crippen molar-refractivity contribution in [2.45, 2.75) is 26.7 Å². The number of fused-ring (bicyclic) bond motifs is 1. The van der Waals surface area contributed by atoms with E-state index in [1.165, 1.54) is 11.1 Å². The maximum atomic E-state index is 11.5. The summed E-state index contributed by atoms with van der Waals surface area (Å²) >= 11 is 0. The Morgan fingerprint density at radius 3 is 2.93 bits per heavy atom. The third-order valence-electron chi connectivity index (χ3n) is 2.77. The molecule has 2 rings (SSSR count). The van der Waals surface area contributed by atoms with Crippen LogP contribution in [0.4, 0.5) is 5.69 Å². The van der Waals surface area contributed by atoms with Crippen LogP contribution in [0, 0.1) is 12.8 Å². The van der Waals surface area contributed by atoms with Crippen LogP contribution >= 0.6 is 0 Å². The third kappa shape index (κ3) is 1.65. The number of hydrogen-bond donors (Lipinski definition) is 1. The summed E-state index contributed by atoms with van der Waals surface area (Å²) in [7, 11) is 0. The first-order valence-corrected chi connectivity index (χ1v) is 5.05. The summed E-state index contributed by atoms with van der Waals surface area (Å²) in [6, 6.07) is 6.08. The second-order valence-corrected chi connectivity index (χ2v) is 4.16. The molecule has 1 unspecified atom stereocenters. The van der Waals surface area contributed by atoms with E-state index in [2.05, 4.69) is 25.2 Å². The Morgan fingerprint density at radius 2 is 2.14 bits per heavy atom. The van der Waals surface area contributed by atoms with Gasteiger partial charge in [0.2, 0.25) is 5.91 Å². The molecular formula is C12H15NO. The quantitative estimate of drug-likeness (QED) is 0.667. The maximum absolute atomic E-state index is 11.5. The number of nitrogens with one attached hydrogen (secondary N) is 1. The van der Waals surface area contributed by atoms with E-state index in [1.807, 2.05) is 12.1 Å². The van der Waals surface area contributed by atoms with Crippen LogP contribution in [-0.2, 0) is 11.2 Å². The molecule has 0 fully saturated rings. The number of carbonyl (C=O) groups is 1. The molecule has 1 aliphatic heterocycles. The Kier molecular flexibility index (Phi) is 2.28. The molecular weight excluding hydrogens is 174 g/mol. The van der Waals surface area contributed by atoms with Gasteiger partial charge in [0, 0.05) is 12.1 Å². The number of rotatable bonds is 0. The van der Waals surface area contributed by atoms with E-state index in [1.54, 1.807) is 0 Å². The van der Waals surface area contributed by atoms with Crippen molar-refractivity contribution < 1.29 is 4.79 Å². The Hall–Kier alpha value is -1.31. The van der Waals surface area contributed by atoms with Crippen LogP contribution in [0.15, 0.2) is 18.2 Å². The maximum Gasteiger partial charge on any atom is 0.224 e. The lowest BCUT2D eigenvalue weighted by atomic mass is 9.95. The fraction of sp³-hybridized carbons (Fsp3) is 0.417. The van der Waals surface area contributed by atoms with E-state index >= 15 is 0 Å². The Balaban J connectivity index is 2.46. The van der Waals surface area contributed by atoms with Crippen molar-refractivity contribution in [2.24, 2.45) is 5.92 Å². The Labute approximate surface area is 84.3 Å². The Bertz CT molecular complexity index is 371. The molecule has 0 bridgehead atoms. The van der Waals surface area contributed by atoms with Gasteiger partial charge >= 0.3 is 0 Å². The fourth-order valence-electron chi connectivity index (χ4n) is 2.03. The number of hydrogen-bond acceptors (Lipinski definition) is 1. The lowest BCUT2D eigenvalue weighted by Gasteiger charge is -2.10. The van der Waals surface area contributed by atoms with Gasteiger partial charge in [0.15, 0.2) is 0 Å². The van der Waals surface area contributed by atoms with Crippen molar-refractivity contribution in [3.8, 4) is 0 Å². The number of benzene rings is 1. The van der Waals surface area contributed by atoms with Crippen molar-refractivity contribution in [3.63, 3.8) is 0 Å². The second-order valence-electron chi connectivity index (χ2n) is 4.16. The van der Waals surface area contributed by atoms with E-state index in [0.717, 1.165) is 12.1 Å². The highest BCUT2D eigenvalue weighted by molar-refractivity contribution is 5.92. The zero-order chi connectivity index (χ0) is 10.1. The molecule has 2 nitrogen and oxygen atoms in total. The predicted molar refractivity (Wildman–Crippen MR) is 57.3 cm³/mol. The highest BCUT2D eigenvalue weighted by Crippen LogP contribution is 2.27.